The monoisotopic (exact) mass is 369 g/mol. The maximum Gasteiger partial charge on any atom is 0.220 e. The molecule has 2 heterocycles. The van der Waals surface area contributed by atoms with Gasteiger partial charge >= 0.3 is 0 Å². The number of carbonyl (C=O) groups is 2. The van der Waals surface area contributed by atoms with E-state index in [0.29, 0.717) is 12.0 Å². The van der Waals surface area contributed by atoms with Crippen molar-refractivity contribution in [2.45, 2.75) is 12.8 Å². The zero-order valence-electron chi connectivity index (χ0n) is 13.8. The Bertz CT molecular complexity index is 895. The van der Waals surface area contributed by atoms with Crippen molar-refractivity contribution >= 4 is 23.0 Å². The number of halogens is 1. The average molecular weight is 369 g/mol. The molecule has 1 N–H and O–H groups in total. The van der Waals surface area contributed by atoms with Crippen LogP contribution in [0.15, 0.2) is 54.0 Å². The molecule has 0 saturated heterocycles. The molecule has 1 amide bonds. The molecule has 0 aliphatic rings. The van der Waals surface area contributed by atoms with Crippen molar-refractivity contribution in [3.63, 3.8) is 0 Å². The first kappa shape index (κ1) is 17.9. The molecule has 0 saturated carbocycles. The van der Waals surface area contributed by atoms with E-state index in [4.69, 9.17) is 0 Å². The Hall–Kier alpha value is -2.93. The van der Waals surface area contributed by atoms with E-state index in [-0.39, 0.29) is 24.7 Å². The van der Waals surface area contributed by atoms with Crippen LogP contribution in [0.5, 0.6) is 0 Å². The molecule has 0 fully saturated rings. The van der Waals surface area contributed by atoms with Gasteiger partial charge in [0.15, 0.2) is 5.78 Å². The van der Waals surface area contributed by atoms with Crippen molar-refractivity contribution in [1.82, 2.24) is 15.3 Å². The summed E-state index contributed by atoms with van der Waals surface area (Å²) in [5, 5.41) is 5.30. The second kappa shape index (κ2) is 8.44. The lowest BCUT2D eigenvalue weighted by atomic mass is 10.1. The van der Waals surface area contributed by atoms with Gasteiger partial charge in [0, 0.05) is 23.6 Å². The van der Waals surface area contributed by atoms with E-state index in [1.54, 1.807) is 6.20 Å². The van der Waals surface area contributed by atoms with Gasteiger partial charge in [-0.25, -0.2) is 9.37 Å². The predicted molar refractivity (Wildman–Crippen MR) is 97.4 cm³/mol. The molecule has 0 bridgehead atoms. The smallest absolute Gasteiger partial charge is 0.220 e. The van der Waals surface area contributed by atoms with Gasteiger partial charge in [-0.15, -0.1) is 11.3 Å². The van der Waals surface area contributed by atoms with Crippen LogP contribution in [0.4, 0.5) is 4.39 Å². The molecule has 2 aromatic heterocycles. The number of Topliss-reactive ketones (excluding diaryl/α,β-unsaturated/α-hetero) is 1. The largest absolute Gasteiger partial charge is 0.349 e. The Morgan fingerprint density at radius 1 is 1.12 bits per heavy atom. The average Bonchev–Trinajstić information content (AvgIpc) is 3.15. The van der Waals surface area contributed by atoms with Crippen molar-refractivity contribution in [2.75, 3.05) is 6.54 Å². The maximum absolute atomic E-state index is 12.8. The first-order valence-electron chi connectivity index (χ1n) is 8.03. The lowest BCUT2D eigenvalue weighted by Gasteiger charge is -2.04. The van der Waals surface area contributed by atoms with E-state index in [9.17, 15) is 14.0 Å². The summed E-state index contributed by atoms with van der Waals surface area (Å²) in [6, 6.07) is 10.9. The van der Waals surface area contributed by atoms with Crippen molar-refractivity contribution in [3.8, 4) is 10.7 Å². The molecule has 5 nitrogen and oxygen atoms in total. The van der Waals surface area contributed by atoms with Gasteiger partial charge in [0.1, 0.15) is 10.8 Å². The summed E-state index contributed by atoms with van der Waals surface area (Å²) in [4.78, 5) is 32.6. The summed E-state index contributed by atoms with van der Waals surface area (Å²) in [6.07, 6.45) is 2.43. The number of rotatable bonds is 7. The van der Waals surface area contributed by atoms with Crippen LogP contribution in [-0.4, -0.2) is 28.2 Å². The molecule has 0 atom stereocenters. The molecule has 26 heavy (non-hydrogen) atoms. The number of nitrogens with one attached hydrogen (secondary N) is 1. The Balaban J connectivity index is 1.46. The summed E-state index contributed by atoms with van der Waals surface area (Å²) in [6.45, 7) is -0.110. The zero-order chi connectivity index (χ0) is 18.4. The molecule has 3 aromatic rings. The number of pyridine rings is 1. The number of benzene rings is 1. The first-order valence-corrected chi connectivity index (χ1v) is 8.91. The molecule has 0 aliphatic carbocycles. The van der Waals surface area contributed by atoms with Crippen LogP contribution in [0.2, 0.25) is 0 Å². The van der Waals surface area contributed by atoms with Gasteiger partial charge in [-0.2, -0.15) is 0 Å². The summed E-state index contributed by atoms with van der Waals surface area (Å²) >= 11 is 1.48. The topological polar surface area (TPSA) is 72.0 Å². The fourth-order valence-corrected chi connectivity index (χ4v) is 3.11. The maximum atomic E-state index is 12.8. The quantitative estimate of drug-likeness (QED) is 0.649. The van der Waals surface area contributed by atoms with Crippen LogP contribution in [0.3, 0.4) is 0 Å². The van der Waals surface area contributed by atoms with Crippen molar-refractivity contribution in [3.05, 3.63) is 71.1 Å². The molecule has 0 spiro atoms. The molecular formula is C19H16FN3O2S. The third-order valence-electron chi connectivity index (χ3n) is 3.66. The number of thiazole rings is 1. The van der Waals surface area contributed by atoms with Crippen LogP contribution in [-0.2, 0) is 11.2 Å². The molecule has 0 radical (unpaired) electrons. The van der Waals surface area contributed by atoms with Gasteiger partial charge in [0.25, 0.3) is 0 Å². The molecule has 132 valence electrons. The third kappa shape index (κ3) is 4.80. The lowest BCUT2D eigenvalue weighted by molar-refractivity contribution is -0.120. The van der Waals surface area contributed by atoms with E-state index in [1.165, 1.54) is 35.6 Å². The normalized spacial score (nSPS) is 10.5. The number of hydrogen-bond acceptors (Lipinski definition) is 5. The second-order valence-corrected chi connectivity index (χ2v) is 6.42. The van der Waals surface area contributed by atoms with E-state index >= 15 is 0 Å². The van der Waals surface area contributed by atoms with E-state index in [2.05, 4.69) is 15.3 Å². The fourth-order valence-electron chi connectivity index (χ4n) is 2.28. The number of carbonyl (C=O) groups excluding carboxylic acids is 2. The Morgan fingerprint density at radius 2 is 1.92 bits per heavy atom. The summed E-state index contributed by atoms with van der Waals surface area (Å²) in [5.41, 5.74) is 1.99. The van der Waals surface area contributed by atoms with Gasteiger partial charge in [-0.3, -0.25) is 14.6 Å². The van der Waals surface area contributed by atoms with Crippen LogP contribution in [0, 0.1) is 5.82 Å². The highest BCUT2D eigenvalue weighted by molar-refractivity contribution is 7.13. The van der Waals surface area contributed by atoms with E-state index < -0.39 is 5.82 Å². The Morgan fingerprint density at radius 3 is 2.65 bits per heavy atom. The third-order valence-corrected chi connectivity index (χ3v) is 4.57. The number of ketones is 1. The zero-order valence-corrected chi connectivity index (χ0v) is 14.6. The van der Waals surface area contributed by atoms with Gasteiger partial charge < -0.3 is 5.32 Å². The van der Waals surface area contributed by atoms with E-state index in [0.717, 1.165) is 16.4 Å². The highest BCUT2D eigenvalue weighted by Gasteiger charge is 2.10. The number of aromatic nitrogens is 2. The molecule has 7 heteroatoms. The van der Waals surface area contributed by atoms with Gasteiger partial charge in [-0.05, 0) is 42.8 Å². The van der Waals surface area contributed by atoms with Crippen molar-refractivity contribution in [1.29, 1.82) is 0 Å². The Kier molecular flexibility index (Phi) is 5.80. The van der Waals surface area contributed by atoms with Crippen LogP contribution < -0.4 is 5.32 Å². The summed E-state index contributed by atoms with van der Waals surface area (Å²) in [7, 11) is 0. The SMILES string of the molecule is O=C(CCc1csc(-c2ccccn2)n1)NCC(=O)c1ccc(F)cc1. The predicted octanol–water partition coefficient (Wildman–Crippen LogP) is 3.28. The molecule has 0 unspecified atom stereocenters. The standard InChI is InChI=1S/C19H16FN3O2S/c20-14-6-4-13(5-7-14)17(24)11-22-18(25)9-8-15-12-26-19(23-15)16-3-1-2-10-21-16/h1-7,10,12H,8-9,11H2,(H,22,25). The first-order chi connectivity index (χ1) is 12.6. The van der Waals surface area contributed by atoms with Crippen molar-refractivity contribution < 1.29 is 14.0 Å². The van der Waals surface area contributed by atoms with Gasteiger partial charge in [-0.1, -0.05) is 6.07 Å². The van der Waals surface area contributed by atoms with Crippen LogP contribution in [0.1, 0.15) is 22.5 Å². The molecule has 1 aromatic carbocycles. The number of aryl methyl sites for hydroxylation is 1. The minimum Gasteiger partial charge on any atom is -0.349 e. The minimum absolute atomic E-state index is 0.110. The van der Waals surface area contributed by atoms with Crippen LogP contribution in [0.25, 0.3) is 10.7 Å². The molecular weight excluding hydrogens is 353 g/mol. The number of hydrogen-bond donors (Lipinski definition) is 1. The summed E-state index contributed by atoms with van der Waals surface area (Å²) in [5.74, 6) is -0.892. The highest BCUT2D eigenvalue weighted by atomic mass is 32.1. The van der Waals surface area contributed by atoms with E-state index in [1.807, 2.05) is 23.6 Å². The molecule has 3 rings (SSSR count). The minimum atomic E-state index is -0.404. The second-order valence-electron chi connectivity index (χ2n) is 5.57. The number of amides is 1. The van der Waals surface area contributed by atoms with Crippen LogP contribution >= 0.6 is 11.3 Å². The van der Waals surface area contributed by atoms with Gasteiger partial charge in [0.2, 0.25) is 5.91 Å². The Labute approximate surface area is 153 Å². The summed E-state index contributed by atoms with van der Waals surface area (Å²) < 4.78 is 12.8. The lowest BCUT2D eigenvalue weighted by Crippen LogP contribution is -2.29. The fraction of sp³-hybridized carbons (Fsp3) is 0.158. The van der Waals surface area contributed by atoms with Gasteiger partial charge in [0.05, 0.1) is 17.9 Å². The van der Waals surface area contributed by atoms with Crippen molar-refractivity contribution in [2.24, 2.45) is 0 Å². The number of nitrogens with zero attached hydrogens (tertiary/aromatic N) is 2. The molecule has 0 aliphatic heterocycles. The highest BCUT2D eigenvalue weighted by Crippen LogP contribution is 2.21.